The highest BCUT2D eigenvalue weighted by molar-refractivity contribution is 5.80. The van der Waals surface area contributed by atoms with E-state index in [1.54, 1.807) is 12.5 Å². The molecule has 3 atom stereocenters. The summed E-state index contributed by atoms with van der Waals surface area (Å²) in [5.74, 6) is 1.69. The lowest BCUT2D eigenvalue weighted by molar-refractivity contribution is -0.144. The Morgan fingerprint density at radius 3 is 2.67 bits per heavy atom. The van der Waals surface area contributed by atoms with Crippen LogP contribution in [0.5, 0.6) is 0 Å². The number of furan rings is 2. The van der Waals surface area contributed by atoms with Crippen molar-refractivity contribution in [3.63, 3.8) is 0 Å². The van der Waals surface area contributed by atoms with E-state index in [9.17, 15) is 4.79 Å². The molecular formula is C18H22N2O4. The third-order valence-electron chi connectivity index (χ3n) is 4.91. The van der Waals surface area contributed by atoms with Gasteiger partial charge in [-0.3, -0.25) is 9.69 Å². The molecule has 2 aromatic rings. The van der Waals surface area contributed by atoms with E-state index in [1.807, 2.05) is 24.3 Å². The summed E-state index contributed by atoms with van der Waals surface area (Å²) in [5, 5.41) is 2.90. The molecule has 0 aliphatic carbocycles. The zero-order valence-electron chi connectivity index (χ0n) is 13.5. The minimum absolute atomic E-state index is 0.0469. The van der Waals surface area contributed by atoms with Crippen molar-refractivity contribution in [3.8, 4) is 0 Å². The van der Waals surface area contributed by atoms with Gasteiger partial charge in [0, 0.05) is 12.6 Å². The Labute approximate surface area is 140 Å². The van der Waals surface area contributed by atoms with Crippen LogP contribution in [0, 0.1) is 0 Å². The monoisotopic (exact) mass is 330 g/mol. The molecule has 0 saturated carbocycles. The van der Waals surface area contributed by atoms with Gasteiger partial charge in [0.05, 0.1) is 31.7 Å². The van der Waals surface area contributed by atoms with Crippen molar-refractivity contribution in [1.29, 1.82) is 0 Å². The summed E-state index contributed by atoms with van der Waals surface area (Å²) in [5.41, 5.74) is 0. The van der Waals surface area contributed by atoms with Crippen molar-refractivity contribution in [2.24, 2.45) is 0 Å². The van der Waals surface area contributed by atoms with Gasteiger partial charge in [-0.2, -0.15) is 0 Å². The van der Waals surface area contributed by atoms with E-state index in [2.05, 4.69) is 10.2 Å². The number of ether oxygens (including phenoxy) is 1. The second-order valence-corrected chi connectivity index (χ2v) is 6.44. The molecule has 2 aliphatic heterocycles. The minimum Gasteiger partial charge on any atom is -0.468 e. The van der Waals surface area contributed by atoms with E-state index in [0.29, 0.717) is 12.6 Å². The topological polar surface area (TPSA) is 67.9 Å². The predicted octanol–water partition coefficient (Wildman–Crippen LogP) is 2.31. The van der Waals surface area contributed by atoms with Crippen molar-refractivity contribution < 1.29 is 18.4 Å². The molecule has 0 bridgehead atoms. The molecule has 128 valence electrons. The van der Waals surface area contributed by atoms with Gasteiger partial charge in [0.15, 0.2) is 0 Å². The number of nitrogens with one attached hydrogen (secondary N) is 1. The molecule has 0 spiro atoms. The van der Waals surface area contributed by atoms with E-state index >= 15 is 0 Å². The van der Waals surface area contributed by atoms with Crippen LogP contribution in [0.3, 0.4) is 0 Å². The van der Waals surface area contributed by atoms with Crippen LogP contribution in [-0.4, -0.2) is 35.6 Å². The first kappa shape index (κ1) is 15.5. The van der Waals surface area contributed by atoms with Crippen LogP contribution in [0.1, 0.15) is 30.8 Å². The summed E-state index contributed by atoms with van der Waals surface area (Å²) in [6, 6.07) is 7.96. The van der Waals surface area contributed by atoms with Crippen molar-refractivity contribution in [2.45, 2.75) is 50.6 Å². The van der Waals surface area contributed by atoms with E-state index < -0.39 is 0 Å². The Morgan fingerprint density at radius 1 is 1.12 bits per heavy atom. The smallest absolute Gasteiger partial charge is 0.249 e. The minimum atomic E-state index is -0.357. The van der Waals surface area contributed by atoms with E-state index in [0.717, 1.165) is 43.9 Å². The first-order valence-electron chi connectivity index (χ1n) is 8.51. The summed E-state index contributed by atoms with van der Waals surface area (Å²) in [4.78, 5) is 14.7. The van der Waals surface area contributed by atoms with Crippen LogP contribution in [0.15, 0.2) is 45.6 Å². The Balaban J connectivity index is 1.29. The highest BCUT2D eigenvalue weighted by atomic mass is 16.5. The number of rotatable bonds is 5. The molecule has 2 aliphatic rings. The van der Waals surface area contributed by atoms with Gasteiger partial charge < -0.3 is 18.9 Å². The van der Waals surface area contributed by atoms with E-state index in [1.165, 1.54) is 0 Å². The fraction of sp³-hybridized carbons (Fsp3) is 0.500. The summed E-state index contributed by atoms with van der Waals surface area (Å²) >= 11 is 0. The average molecular weight is 330 g/mol. The molecule has 0 aromatic carbocycles. The number of carbonyl (C=O) groups excluding carboxylic acids is 1. The van der Waals surface area contributed by atoms with Crippen molar-refractivity contribution in [2.75, 3.05) is 6.54 Å². The Bertz CT molecular complexity index is 653. The van der Waals surface area contributed by atoms with Gasteiger partial charge in [-0.25, -0.2) is 0 Å². The zero-order valence-corrected chi connectivity index (χ0v) is 13.5. The van der Waals surface area contributed by atoms with Gasteiger partial charge in [0.1, 0.15) is 17.6 Å². The van der Waals surface area contributed by atoms with E-state index in [-0.39, 0.29) is 18.1 Å². The molecule has 6 nitrogen and oxygen atoms in total. The first-order chi connectivity index (χ1) is 11.8. The maximum absolute atomic E-state index is 12.3. The average Bonchev–Trinajstić information content (AvgIpc) is 3.35. The zero-order chi connectivity index (χ0) is 16.4. The van der Waals surface area contributed by atoms with Gasteiger partial charge in [-0.15, -0.1) is 0 Å². The summed E-state index contributed by atoms with van der Waals surface area (Å²) in [6.07, 6.45) is 5.78. The van der Waals surface area contributed by atoms with Crippen LogP contribution in [0.4, 0.5) is 0 Å². The standard InChI is InChI=1S/C18H22N2O4/c21-18(19-11-13-3-1-9-22-13)17-6-5-15-16(24-17)7-8-20(15)12-14-4-2-10-23-14/h1-4,9-10,15-17H,5-8,11-12H2,(H,19,21)/t15-,16-,17-/m0/s1. The molecule has 24 heavy (non-hydrogen) atoms. The summed E-state index contributed by atoms with van der Waals surface area (Å²) < 4.78 is 16.8. The predicted molar refractivity (Wildman–Crippen MR) is 86.0 cm³/mol. The number of carbonyl (C=O) groups is 1. The van der Waals surface area contributed by atoms with Crippen molar-refractivity contribution in [3.05, 3.63) is 48.3 Å². The van der Waals surface area contributed by atoms with Gasteiger partial charge in [-0.05, 0) is 43.5 Å². The SMILES string of the molecule is O=C(NCc1ccco1)[C@@H]1CC[C@H]2[C@H](CCN2Cc2ccco2)O1. The molecule has 2 aromatic heterocycles. The van der Waals surface area contributed by atoms with Crippen molar-refractivity contribution in [1.82, 2.24) is 10.2 Å². The third kappa shape index (κ3) is 3.25. The first-order valence-corrected chi connectivity index (χ1v) is 8.51. The van der Waals surface area contributed by atoms with Crippen LogP contribution >= 0.6 is 0 Å². The molecular weight excluding hydrogens is 308 g/mol. The lowest BCUT2D eigenvalue weighted by Gasteiger charge is -2.35. The fourth-order valence-corrected chi connectivity index (χ4v) is 3.71. The molecule has 0 unspecified atom stereocenters. The largest absolute Gasteiger partial charge is 0.468 e. The Hall–Kier alpha value is -2.05. The lowest BCUT2D eigenvalue weighted by Crippen LogP contribution is -2.47. The third-order valence-corrected chi connectivity index (χ3v) is 4.91. The molecule has 4 rings (SSSR count). The molecule has 1 N–H and O–H groups in total. The maximum atomic E-state index is 12.3. The van der Waals surface area contributed by atoms with E-state index in [4.69, 9.17) is 13.6 Å². The number of hydrogen-bond donors (Lipinski definition) is 1. The molecule has 1 amide bonds. The summed E-state index contributed by atoms with van der Waals surface area (Å²) in [6.45, 7) is 2.20. The lowest BCUT2D eigenvalue weighted by atomic mass is 9.98. The quantitative estimate of drug-likeness (QED) is 0.911. The Kier molecular flexibility index (Phi) is 4.40. The summed E-state index contributed by atoms with van der Waals surface area (Å²) in [7, 11) is 0. The van der Waals surface area contributed by atoms with Crippen LogP contribution in [-0.2, 0) is 22.6 Å². The second-order valence-electron chi connectivity index (χ2n) is 6.44. The Morgan fingerprint density at radius 2 is 1.92 bits per heavy atom. The van der Waals surface area contributed by atoms with Crippen LogP contribution in [0.25, 0.3) is 0 Å². The van der Waals surface area contributed by atoms with Gasteiger partial charge in [-0.1, -0.05) is 0 Å². The number of nitrogens with zero attached hydrogens (tertiary/aromatic N) is 1. The number of hydrogen-bond acceptors (Lipinski definition) is 5. The molecule has 0 radical (unpaired) electrons. The normalized spacial score (nSPS) is 27.1. The number of amides is 1. The number of likely N-dealkylation sites (tertiary alicyclic amines) is 1. The second kappa shape index (κ2) is 6.83. The highest BCUT2D eigenvalue weighted by Crippen LogP contribution is 2.32. The maximum Gasteiger partial charge on any atom is 0.249 e. The van der Waals surface area contributed by atoms with Gasteiger partial charge >= 0.3 is 0 Å². The molecule has 6 heteroatoms. The molecule has 4 heterocycles. The van der Waals surface area contributed by atoms with Gasteiger partial charge in [0.2, 0.25) is 5.91 Å². The van der Waals surface area contributed by atoms with Crippen LogP contribution < -0.4 is 5.32 Å². The number of fused-ring (bicyclic) bond motifs is 1. The molecule has 2 fully saturated rings. The van der Waals surface area contributed by atoms with Gasteiger partial charge in [0.25, 0.3) is 0 Å². The highest BCUT2D eigenvalue weighted by Gasteiger charge is 2.41. The fourth-order valence-electron chi connectivity index (χ4n) is 3.71. The molecule has 2 saturated heterocycles. The van der Waals surface area contributed by atoms with Crippen molar-refractivity contribution >= 4 is 5.91 Å². The van der Waals surface area contributed by atoms with Crippen LogP contribution in [0.2, 0.25) is 0 Å².